The van der Waals surface area contributed by atoms with Crippen LogP contribution in [-0.2, 0) is 0 Å². The van der Waals surface area contributed by atoms with Gasteiger partial charge in [0, 0.05) is 31.1 Å². The average Bonchev–Trinajstić information content (AvgIpc) is 3.05. The van der Waals surface area contributed by atoms with Crippen LogP contribution in [0.3, 0.4) is 0 Å². The van der Waals surface area contributed by atoms with Gasteiger partial charge >= 0.3 is 0 Å². The summed E-state index contributed by atoms with van der Waals surface area (Å²) in [5.74, 6) is 0.950. The average molecular weight is 375 g/mol. The first-order valence-corrected chi connectivity index (χ1v) is 8.47. The third-order valence-corrected chi connectivity index (χ3v) is 4.76. The van der Waals surface area contributed by atoms with Crippen LogP contribution in [0.25, 0.3) is 0 Å². The van der Waals surface area contributed by atoms with Crippen molar-refractivity contribution in [3.8, 4) is 5.75 Å². The minimum atomic E-state index is 0. The van der Waals surface area contributed by atoms with E-state index in [-0.39, 0.29) is 24.8 Å². The molecule has 23 heavy (non-hydrogen) atoms. The Balaban J connectivity index is 0.00000132. The molecule has 1 aromatic heterocycles. The minimum absolute atomic E-state index is 0. The Labute approximate surface area is 154 Å². The van der Waals surface area contributed by atoms with Gasteiger partial charge in [0.25, 0.3) is 0 Å². The molecule has 0 bridgehead atoms. The predicted molar refractivity (Wildman–Crippen MR) is 103 cm³/mol. The van der Waals surface area contributed by atoms with Crippen LogP contribution >= 0.6 is 36.2 Å². The fourth-order valence-electron chi connectivity index (χ4n) is 2.86. The summed E-state index contributed by atoms with van der Waals surface area (Å²) in [6, 6.07) is 13.3. The normalized spacial score (nSPS) is 16.0. The Morgan fingerprint density at radius 2 is 1.83 bits per heavy atom. The lowest BCUT2D eigenvalue weighted by Crippen LogP contribution is -2.45. The molecule has 2 aromatic rings. The van der Waals surface area contributed by atoms with E-state index in [1.807, 2.05) is 18.3 Å². The molecule has 1 aliphatic heterocycles. The van der Waals surface area contributed by atoms with Crippen molar-refractivity contribution in [2.75, 3.05) is 32.8 Å². The molecule has 6 heteroatoms. The molecule has 0 radical (unpaired) electrons. The predicted octanol–water partition coefficient (Wildman–Crippen LogP) is 3.99. The van der Waals surface area contributed by atoms with Gasteiger partial charge in [-0.25, -0.2) is 0 Å². The number of ether oxygens (including phenoxy) is 1. The number of nitrogens with one attached hydrogen (secondary N) is 1. The quantitative estimate of drug-likeness (QED) is 0.856. The van der Waals surface area contributed by atoms with E-state index in [0.29, 0.717) is 12.6 Å². The Hall–Kier alpha value is -0.780. The summed E-state index contributed by atoms with van der Waals surface area (Å²) in [5, 5.41) is 5.60. The number of halogens is 2. The molecule has 1 atom stereocenters. The van der Waals surface area contributed by atoms with E-state index in [1.165, 1.54) is 10.4 Å². The van der Waals surface area contributed by atoms with Crippen molar-refractivity contribution < 1.29 is 4.74 Å². The van der Waals surface area contributed by atoms with Crippen LogP contribution < -0.4 is 10.1 Å². The Morgan fingerprint density at radius 1 is 1.13 bits per heavy atom. The zero-order valence-corrected chi connectivity index (χ0v) is 15.7. The maximum absolute atomic E-state index is 5.56. The summed E-state index contributed by atoms with van der Waals surface area (Å²) in [6.45, 7) is 7.05. The standard InChI is InChI=1S/C17H22N2OS.2ClH/c1-2-20-15-7-5-14(6-8-15)17(16-4-3-13-21-16)19-11-9-18-10-12-19;;/h3-8,13,17-18H,2,9-12H2,1H3;2*1H/t17-;;/m0../s1. The molecule has 1 aliphatic rings. The van der Waals surface area contributed by atoms with Crippen LogP contribution in [0.5, 0.6) is 5.75 Å². The van der Waals surface area contributed by atoms with Gasteiger partial charge in [0.15, 0.2) is 0 Å². The molecular formula is C17H24Cl2N2OS. The number of nitrogens with zero attached hydrogens (tertiary/aromatic N) is 1. The summed E-state index contributed by atoms with van der Waals surface area (Å²) in [6.07, 6.45) is 0. The van der Waals surface area contributed by atoms with Gasteiger partial charge in [-0.05, 0) is 36.1 Å². The molecule has 2 heterocycles. The molecule has 3 rings (SSSR count). The fraction of sp³-hybridized carbons (Fsp3) is 0.412. The van der Waals surface area contributed by atoms with Gasteiger partial charge in [-0.2, -0.15) is 0 Å². The van der Waals surface area contributed by atoms with E-state index < -0.39 is 0 Å². The van der Waals surface area contributed by atoms with Gasteiger partial charge in [0.1, 0.15) is 5.75 Å². The summed E-state index contributed by atoms with van der Waals surface area (Å²) in [7, 11) is 0. The highest BCUT2D eigenvalue weighted by molar-refractivity contribution is 7.10. The lowest BCUT2D eigenvalue weighted by Gasteiger charge is -2.34. The number of thiophene rings is 1. The van der Waals surface area contributed by atoms with Crippen LogP contribution in [0.15, 0.2) is 41.8 Å². The highest BCUT2D eigenvalue weighted by Crippen LogP contribution is 2.32. The Bertz CT molecular complexity index is 542. The first kappa shape index (κ1) is 20.3. The van der Waals surface area contributed by atoms with Crippen molar-refractivity contribution >= 4 is 36.2 Å². The largest absolute Gasteiger partial charge is 0.494 e. The monoisotopic (exact) mass is 374 g/mol. The second-order valence-electron chi connectivity index (χ2n) is 5.21. The topological polar surface area (TPSA) is 24.5 Å². The van der Waals surface area contributed by atoms with Crippen molar-refractivity contribution in [2.24, 2.45) is 0 Å². The summed E-state index contributed by atoms with van der Waals surface area (Å²) in [4.78, 5) is 3.99. The maximum Gasteiger partial charge on any atom is 0.119 e. The van der Waals surface area contributed by atoms with E-state index >= 15 is 0 Å². The second-order valence-corrected chi connectivity index (χ2v) is 6.19. The van der Waals surface area contributed by atoms with Gasteiger partial charge in [0.2, 0.25) is 0 Å². The zero-order valence-electron chi connectivity index (χ0n) is 13.2. The van der Waals surface area contributed by atoms with Gasteiger partial charge in [-0.3, -0.25) is 4.90 Å². The van der Waals surface area contributed by atoms with E-state index in [0.717, 1.165) is 31.9 Å². The molecule has 1 fully saturated rings. The summed E-state index contributed by atoms with van der Waals surface area (Å²) < 4.78 is 5.56. The van der Waals surface area contributed by atoms with Crippen LogP contribution in [-0.4, -0.2) is 37.7 Å². The fourth-order valence-corrected chi connectivity index (χ4v) is 3.74. The third-order valence-electron chi connectivity index (χ3n) is 3.84. The van der Waals surface area contributed by atoms with Crippen molar-refractivity contribution in [1.82, 2.24) is 10.2 Å². The van der Waals surface area contributed by atoms with Gasteiger partial charge in [0.05, 0.1) is 12.6 Å². The number of benzene rings is 1. The van der Waals surface area contributed by atoms with E-state index in [9.17, 15) is 0 Å². The van der Waals surface area contributed by atoms with E-state index in [1.54, 1.807) is 0 Å². The summed E-state index contributed by atoms with van der Waals surface area (Å²) >= 11 is 1.84. The van der Waals surface area contributed by atoms with E-state index in [2.05, 4.69) is 52.0 Å². The molecule has 3 nitrogen and oxygen atoms in total. The van der Waals surface area contributed by atoms with Gasteiger partial charge < -0.3 is 10.1 Å². The molecule has 0 spiro atoms. The van der Waals surface area contributed by atoms with Crippen LogP contribution in [0, 0.1) is 0 Å². The first-order valence-electron chi connectivity index (χ1n) is 7.59. The zero-order chi connectivity index (χ0) is 14.5. The van der Waals surface area contributed by atoms with Crippen molar-refractivity contribution in [3.63, 3.8) is 0 Å². The van der Waals surface area contributed by atoms with Crippen molar-refractivity contribution in [1.29, 1.82) is 0 Å². The molecule has 1 saturated heterocycles. The highest BCUT2D eigenvalue weighted by atomic mass is 35.5. The van der Waals surface area contributed by atoms with Crippen LogP contribution in [0.2, 0.25) is 0 Å². The maximum atomic E-state index is 5.56. The van der Waals surface area contributed by atoms with Crippen LogP contribution in [0.1, 0.15) is 23.4 Å². The smallest absolute Gasteiger partial charge is 0.119 e. The lowest BCUT2D eigenvalue weighted by molar-refractivity contribution is 0.200. The third kappa shape index (κ3) is 5.10. The molecule has 128 valence electrons. The molecule has 1 N–H and O–H groups in total. The number of rotatable bonds is 5. The Kier molecular flexibility index (Phi) is 8.95. The Morgan fingerprint density at radius 3 is 2.39 bits per heavy atom. The minimum Gasteiger partial charge on any atom is -0.494 e. The van der Waals surface area contributed by atoms with Crippen molar-refractivity contribution in [3.05, 3.63) is 52.2 Å². The first-order chi connectivity index (χ1) is 10.4. The summed E-state index contributed by atoms with van der Waals surface area (Å²) in [5.41, 5.74) is 1.35. The van der Waals surface area contributed by atoms with E-state index in [4.69, 9.17) is 4.74 Å². The number of hydrogen-bond acceptors (Lipinski definition) is 4. The SMILES string of the molecule is CCOc1ccc([C@@H](c2cccs2)N2CCNCC2)cc1.Cl.Cl. The molecule has 1 aromatic carbocycles. The molecule has 0 saturated carbocycles. The van der Waals surface area contributed by atoms with Crippen molar-refractivity contribution in [2.45, 2.75) is 13.0 Å². The van der Waals surface area contributed by atoms with Crippen LogP contribution in [0.4, 0.5) is 0 Å². The second kappa shape index (κ2) is 10.2. The highest BCUT2D eigenvalue weighted by Gasteiger charge is 2.24. The number of hydrogen-bond donors (Lipinski definition) is 1. The molecule has 0 amide bonds. The van der Waals surface area contributed by atoms with Gasteiger partial charge in [-0.15, -0.1) is 36.2 Å². The van der Waals surface area contributed by atoms with Gasteiger partial charge in [-0.1, -0.05) is 18.2 Å². The number of piperazine rings is 1. The molecular weight excluding hydrogens is 351 g/mol. The molecule has 0 aliphatic carbocycles. The molecule has 0 unspecified atom stereocenters. The lowest BCUT2D eigenvalue weighted by atomic mass is 10.0.